The van der Waals surface area contributed by atoms with Crippen molar-refractivity contribution >= 4 is 40.1 Å². The molecule has 19 heavy (non-hydrogen) atoms. The van der Waals surface area contributed by atoms with Gasteiger partial charge in [0, 0.05) is 14.0 Å². The van der Waals surface area contributed by atoms with E-state index in [1.54, 1.807) is 7.11 Å². The number of ether oxygens (including phenoxy) is 1. The summed E-state index contributed by atoms with van der Waals surface area (Å²) in [6.07, 6.45) is 0. The quantitative estimate of drug-likeness (QED) is 0.438. The maximum Gasteiger partial charge on any atom is 0.173 e. The summed E-state index contributed by atoms with van der Waals surface area (Å²) in [7, 11) is 1.64. The number of Topliss-reactive ketones (excluding diaryl/α,β-unsaturated/α-hetero) is 1. The Morgan fingerprint density at radius 2 is 1.74 bits per heavy atom. The van der Waals surface area contributed by atoms with Crippen molar-refractivity contribution in [3.63, 3.8) is 0 Å². The molecule has 0 heterocycles. The maximum atomic E-state index is 12.0. The zero-order valence-electron chi connectivity index (χ0n) is 10.4. The van der Waals surface area contributed by atoms with Crippen molar-refractivity contribution in [2.45, 2.75) is 4.90 Å². The highest BCUT2D eigenvalue weighted by Crippen LogP contribution is 2.22. The van der Waals surface area contributed by atoms with E-state index in [0.29, 0.717) is 5.75 Å². The van der Waals surface area contributed by atoms with Gasteiger partial charge < -0.3 is 4.74 Å². The Balaban J connectivity index is 1.94. The molecule has 0 saturated heterocycles. The third-order valence-electron chi connectivity index (χ3n) is 2.60. The van der Waals surface area contributed by atoms with Crippen LogP contribution in [0.2, 0.25) is 0 Å². The van der Waals surface area contributed by atoms with Crippen LogP contribution in [0.5, 0.6) is 5.75 Å². The topological polar surface area (TPSA) is 26.3 Å². The van der Waals surface area contributed by atoms with E-state index in [2.05, 4.69) is 22.6 Å². The number of benzene rings is 2. The first-order chi connectivity index (χ1) is 9.19. The Morgan fingerprint density at radius 3 is 2.32 bits per heavy atom. The number of ketones is 1. The molecule has 0 N–H and O–H groups in total. The second-order valence-electron chi connectivity index (χ2n) is 3.89. The van der Waals surface area contributed by atoms with E-state index in [-0.39, 0.29) is 5.78 Å². The first kappa shape index (κ1) is 14.4. The van der Waals surface area contributed by atoms with Gasteiger partial charge in [0.25, 0.3) is 0 Å². The van der Waals surface area contributed by atoms with Crippen molar-refractivity contribution in [1.29, 1.82) is 0 Å². The van der Waals surface area contributed by atoms with Crippen LogP contribution in [0.25, 0.3) is 0 Å². The molecule has 0 atom stereocenters. The summed E-state index contributed by atoms with van der Waals surface area (Å²) in [5.74, 6) is 1.43. The minimum absolute atomic E-state index is 0.150. The molecule has 0 amide bonds. The molecule has 2 rings (SSSR count). The molecule has 0 aliphatic carbocycles. The monoisotopic (exact) mass is 384 g/mol. The van der Waals surface area contributed by atoms with Gasteiger partial charge in [0.2, 0.25) is 0 Å². The fraction of sp³-hybridized carbons (Fsp3) is 0.133. The van der Waals surface area contributed by atoms with E-state index in [0.717, 1.165) is 19.8 Å². The van der Waals surface area contributed by atoms with Crippen LogP contribution in [0.3, 0.4) is 0 Å². The van der Waals surface area contributed by atoms with Crippen LogP contribution in [-0.2, 0) is 0 Å². The number of carbonyl (C=O) groups is 1. The van der Waals surface area contributed by atoms with Crippen LogP contribution in [0, 0.1) is 3.57 Å². The molecule has 0 aromatic heterocycles. The van der Waals surface area contributed by atoms with Crippen LogP contribution >= 0.6 is 34.4 Å². The van der Waals surface area contributed by atoms with Crippen molar-refractivity contribution in [2.75, 3.05) is 12.9 Å². The molecular formula is C15H13IO2S. The van der Waals surface area contributed by atoms with Crippen LogP contribution in [0.15, 0.2) is 53.4 Å². The third kappa shape index (κ3) is 4.24. The van der Waals surface area contributed by atoms with Crippen LogP contribution in [0.1, 0.15) is 10.4 Å². The molecule has 4 heteroatoms. The molecule has 0 radical (unpaired) electrons. The third-order valence-corrected chi connectivity index (χ3v) is 4.33. The normalized spacial score (nSPS) is 10.2. The van der Waals surface area contributed by atoms with Gasteiger partial charge in [0.1, 0.15) is 5.75 Å². The van der Waals surface area contributed by atoms with Gasteiger partial charge in [-0.25, -0.2) is 0 Å². The lowest BCUT2D eigenvalue weighted by molar-refractivity contribution is 0.102. The number of hydrogen-bond acceptors (Lipinski definition) is 3. The lowest BCUT2D eigenvalue weighted by Crippen LogP contribution is -2.01. The highest BCUT2D eigenvalue weighted by molar-refractivity contribution is 14.1. The predicted octanol–water partition coefficient (Wildman–Crippen LogP) is 4.27. The van der Waals surface area contributed by atoms with Crippen molar-refractivity contribution in [3.8, 4) is 5.75 Å². The molecular weight excluding hydrogens is 371 g/mol. The van der Waals surface area contributed by atoms with Gasteiger partial charge in [0.05, 0.1) is 12.9 Å². The highest BCUT2D eigenvalue weighted by atomic mass is 127. The Kier molecular flexibility index (Phi) is 5.27. The highest BCUT2D eigenvalue weighted by Gasteiger charge is 2.06. The van der Waals surface area contributed by atoms with Crippen molar-refractivity contribution in [2.24, 2.45) is 0 Å². The lowest BCUT2D eigenvalue weighted by atomic mass is 10.2. The lowest BCUT2D eigenvalue weighted by Gasteiger charge is -2.03. The fourth-order valence-electron chi connectivity index (χ4n) is 1.54. The first-order valence-corrected chi connectivity index (χ1v) is 7.81. The molecule has 0 aliphatic heterocycles. The largest absolute Gasteiger partial charge is 0.497 e. The molecule has 0 unspecified atom stereocenters. The van der Waals surface area contributed by atoms with Crippen molar-refractivity contribution in [3.05, 3.63) is 57.7 Å². The van der Waals surface area contributed by atoms with Crippen molar-refractivity contribution < 1.29 is 9.53 Å². The minimum atomic E-state index is 0.150. The number of thioether (sulfide) groups is 1. The van der Waals surface area contributed by atoms with Gasteiger partial charge in [0.15, 0.2) is 5.78 Å². The van der Waals surface area contributed by atoms with Gasteiger partial charge in [-0.15, -0.1) is 11.8 Å². The zero-order valence-corrected chi connectivity index (χ0v) is 13.4. The standard InChI is InChI=1S/C15H13IO2S/c1-18-13-6-8-14(9-7-13)19-10-15(17)11-2-4-12(16)5-3-11/h2-9H,10H2,1H3. The number of carbonyl (C=O) groups excluding carboxylic acids is 1. The van der Waals surface area contributed by atoms with Crippen LogP contribution < -0.4 is 4.74 Å². The van der Waals surface area contributed by atoms with E-state index in [9.17, 15) is 4.79 Å². The smallest absolute Gasteiger partial charge is 0.173 e. The summed E-state index contributed by atoms with van der Waals surface area (Å²) in [5, 5.41) is 0. The van der Waals surface area contributed by atoms with E-state index < -0.39 is 0 Å². The molecule has 0 saturated carbocycles. The first-order valence-electron chi connectivity index (χ1n) is 5.74. The molecule has 0 aliphatic rings. The molecule has 2 nitrogen and oxygen atoms in total. The number of halogens is 1. The molecule has 2 aromatic rings. The maximum absolute atomic E-state index is 12.0. The average Bonchev–Trinajstić information content (AvgIpc) is 2.46. The second-order valence-corrected chi connectivity index (χ2v) is 6.19. The Morgan fingerprint density at radius 1 is 1.11 bits per heavy atom. The van der Waals surface area contributed by atoms with Gasteiger partial charge in [-0.05, 0) is 59.0 Å². The number of methoxy groups -OCH3 is 1. The van der Waals surface area contributed by atoms with E-state index in [1.807, 2.05) is 48.5 Å². The van der Waals surface area contributed by atoms with Crippen LogP contribution in [0.4, 0.5) is 0 Å². The van der Waals surface area contributed by atoms with Gasteiger partial charge in [-0.3, -0.25) is 4.79 Å². The Bertz CT molecular complexity index is 549. The summed E-state index contributed by atoms with van der Waals surface area (Å²) in [4.78, 5) is 13.1. The fourth-order valence-corrected chi connectivity index (χ4v) is 2.69. The molecule has 0 bridgehead atoms. The second kappa shape index (κ2) is 6.96. The number of rotatable bonds is 5. The molecule has 98 valence electrons. The average molecular weight is 384 g/mol. The number of hydrogen-bond donors (Lipinski definition) is 0. The Labute approximate surface area is 130 Å². The van der Waals surface area contributed by atoms with E-state index in [4.69, 9.17) is 4.74 Å². The van der Waals surface area contributed by atoms with E-state index in [1.165, 1.54) is 11.8 Å². The predicted molar refractivity (Wildman–Crippen MR) is 87.2 cm³/mol. The minimum Gasteiger partial charge on any atom is -0.497 e. The summed E-state index contributed by atoms with van der Waals surface area (Å²) >= 11 is 3.77. The molecule has 0 fully saturated rings. The summed E-state index contributed by atoms with van der Waals surface area (Å²) < 4.78 is 6.23. The van der Waals surface area contributed by atoms with Gasteiger partial charge >= 0.3 is 0 Å². The zero-order chi connectivity index (χ0) is 13.7. The van der Waals surface area contributed by atoms with Gasteiger partial charge in [-0.2, -0.15) is 0 Å². The summed E-state index contributed by atoms with van der Waals surface area (Å²) in [6.45, 7) is 0. The summed E-state index contributed by atoms with van der Waals surface area (Å²) in [6, 6.07) is 15.4. The molecule has 2 aromatic carbocycles. The SMILES string of the molecule is COc1ccc(SCC(=O)c2ccc(I)cc2)cc1. The van der Waals surface area contributed by atoms with Crippen molar-refractivity contribution in [1.82, 2.24) is 0 Å². The summed E-state index contributed by atoms with van der Waals surface area (Å²) in [5.41, 5.74) is 0.765. The molecule has 0 spiro atoms. The van der Waals surface area contributed by atoms with E-state index >= 15 is 0 Å². The van der Waals surface area contributed by atoms with Gasteiger partial charge in [-0.1, -0.05) is 12.1 Å². The Hall–Kier alpha value is -1.01. The van der Waals surface area contributed by atoms with Crippen LogP contribution in [-0.4, -0.2) is 18.6 Å².